The Balaban J connectivity index is 1.92. The normalized spacial score (nSPS) is 11.9. The predicted molar refractivity (Wildman–Crippen MR) is 126 cm³/mol. The lowest BCUT2D eigenvalue weighted by atomic mass is 10.0. The number of halogens is 3. The van der Waals surface area contributed by atoms with E-state index in [2.05, 4.69) is 16.0 Å². The number of carbonyl (C=O) groups is 1. The van der Waals surface area contributed by atoms with Gasteiger partial charge in [0.1, 0.15) is 11.7 Å². The quantitative estimate of drug-likeness (QED) is 0.238. The topological polar surface area (TPSA) is 96.3 Å². The molecule has 7 nitrogen and oxygen atoms in total. The third kappa shape index (κ3) is 6.07. The fraction of sp³-hybridized carbons (Fsp3) is 0.130. The zero-order chi connectivity index (χ0) is 24.9. The van der Waals surface area contributed by atoms with E-state index in [0.29, 0.717) is 5.69 Å². The first-order chi connectivity index (χ1) is 16.1. The lowest BCUT2D eigenvalue weighted by molar-refractivity contribution is -0.383. The Bertz CT molecular complexity index is 1230. The number of benzene rings is 3. The standard InChI is InChI=1S/C23H19F3N4O3S/c1-14-7-2-3-10-17(14)27-21(31)20(15-8-6-9-16(13-15)23(24,25)26)29-22(34)28-18-11-4-5-12-19(18)30(32)33/h2-13,20H,1H3,(H,27,31)(H2,28,29,34). The molecule has 0 aromatic heterocycles. The number of carbonyl (C=O) groups excluding carboxylic acids is 1. The molecule has 0 aliphatic carbocycles. The average molecular weight is 488 g/mol. The third-order valence-electron chi connectivity index (χ3n) is 4.84. The number of amides is 1. The molecule has 1 unspecified atom stereocenters. The van der Waals surface area contributed by atoms with Gasteiger partial charge >= 0.3 is 6.18 Å². The van der Waals surface area contributed by atoms with Gasteiger partial charge in [-0.1, -0.05) is 42.5 Å². The van der Waals surface area contributed by atoms with E-state index in [4.69, 9.17) is 12.2 Å². The first-order valence-corrected chi connectivity index (χ1v) is 10.3. The number of nitrogens with zero attached hydrogens (tertiary/aromatic N) is 1. The molecule has 1 amide bonds. The van der Waals surface area contributed by atoms with Crippen molar-refractivity contribution in [1.82, 2.24) is 5.32 Å². The van der Waals surface area contributed by atoms with Gasteiger partial charge in [0.15, 0.2) is 5.11 Å². The highest BCUT2D eigenvalue weighted by atomic mass is 32.1. The summed E-state index contributed by atoms with van der Waals surface area (Å²) in [7, 11) is 0. The Morgan fingerprint density at radius 1 is 0.971 bits per heavy atom. The van der Waals surface area contributed by atoms with Crippen LogP contribution in [-0.2, 0) is 11.0 Å². The van der Waals surface area contributed by atoms with E-state index in [9.17, 15) is 28.1 Å². The molecule has 0 saturated heterocycles. The molecule has 0 heterocycles. The van der Waals surface area contributed by atoms with Crippen LogP contribution in [0.1, 0.15) is 22.7 Å². The minimum absolute atomic E-state index is 0.00706. The highest BCUT2D eigenvalue weighted by molar-refractivity contribution is 7.80. The number of alkyl halides is 3. The van der Waals surface area contributed by atoms with Crippen molar-refractivity contribution in [3.8, 4) is 0 Å². The van der Waals surface area contributed by atoms with Crippen molar-refractivity contribution in [2.24, 2.45) is 0 Å². The maximum absolute atomic E-state index is 13.3. The summed E-state index contributed by atoms with van der Waals surface area (Å²) >= 11 is 5.23. The summed E-state index contributed by atoms with van der Waals surface area (Å²) < 4.78 is 39.8. The van der Waals surface area contributed by atoms with Gasteiger partial charge in [0.05, 0.1) is 10.5 Å². The lowest BCUT2D eigenvalue weighted by Crippen LogP contribution is -2.39. The lowest BCUT2D eigenvalue weighted by Gasteiger charge is -2.22. The van der Waals surface area contributed by atoms with Gasteiger partial charge in [-0.15, -0.1) is 0 Å². The number of nitro groups is 1. The summed E-state index contributed by atoms with van der Waals surface area (Å²) in [5, 5.41) is 19.1. The number of aryl methyl sites for hydroxylation is 1. The zero-order valence-corrected chi connectivity index (χ0v) is 18.5. The molecule has 176 valence electrons. The van der Waals surface area contributed by atoms with Crippen molar-refractivity contribution in [2.45, 2.75) is 19.1 Å². The average Bonchev–Trinajstić information content (AvgIpc) is 2.78. The molecule has 0 fully saturated rings. The molecule has 0 spiro atoms. The van der Waals surface area contributed by atoms with Crippen LogP contribution >= 0.6 is 12.2 Å². The Morgan fingerprint density at radius 3 is 2.26 bits per heavy atom. The van der Waals surface area contributed by atoms with Crippen molar-refractivity contribution in [2.75, 3.05) is 10.6 Å². The number of hydrogen-bond acceptors (Lipinski definition) is 4. The molecule has 3 N–H and O–H groups in total. The van der Waals surface area contributed by atoms with Gasteiger partial charge in [0.25, 0.3) is 11.6 Å². The summed E-state index contributed by atoms with van der Waals surface area (Å²) in [5.74, 6) is -0.666. The van der Waals surface area contributed by atoms with Crippen LogP contribution in [0, 0.1) is 17.0 Å². The van der Waals surface area contributed by atoms with E-state index in [0.717, 1.165) is 17.7 Å². The number of rotatable bonds is 6. The van der Waals surface area contributed by atoms with E-state index in [-0.39, 0.29) is 22.1 Å². The van der Waals surface area contributed by atoms with E-state index >= 15 is 0 Å². The second-order valence-electron chi connectivity index (χ2n) is 7.23. The molecule has 3 aromatic rings. The predicted octanol–water partition coefficient (Wildman–Crippen LogP) is 5.59. The Kier molecular flexibility index (Phi) is 7.47. The van der Waals surface area contributed by atoms with E-state index in [1.807, 2.05) is 0 Å². The molecule has 0 saturated carbocycles. The van der Waals surface area contributed by atoms with Crippen LogP contribution in [0.2, 0.25) is 0 Å². The van der Waals surface area contributed by atoms with E-state index in [1.165, 1.54) is 30.3 Å². The molecular weight excluding hydrogens is 469 g/mol. The second-order valence-corrected chi connectivity index (χ2v) is 7.64. The molecule has 11 heteroatoms. The molecule has 0 aliphatic rings. The molecule has 0 aliphatic heterocycles. The molecule has 0 radical (unpaired) electrons. The first-order valence-electron chi connectivity index (χ1n) is 9.91. The molecule has 1 atom stereocenters. The van der Waals surface area contributed by atoms with E-state index < -0.39 is 28.6 Å². The molecule has 34 heavy (non-hydrogen) atoms. The summed E-state index contributed by atoms with van der Waals surface area (Å²) in [6, 6.07) is 15.6. The summed E-state index contributed by atoms with van der Waals surface area (Å²) in [5.41, 5.74) is 0.104. The van der Waals surface area contributed by atoms with Gasteiger partial charge in [-0.3, -0.25) is 14.9 Å². The highest BCUT2D eigenvalue weighted by Crippen LogP contribution is 2.31. The van der Waals surface area contributed by atoms with Crippen LogP contribution in [0.15, 0.2) is 72.8 Å². The van der Waals surface area contributed by atoms with Gasteiger partial charge in [0.2, 0.25) is 0 Å². The molecule has 3 aromatic carbocycles. The SMILES string of the molecule is Cc1ccccc1NC(=O)C(NC(=S)Nc1ccccc1[N+](=O)[O-])c1cccc(C(F)(F)F)c1. The monoisotopic (exact) mass is 488 g/mol. The van der Waals surface area contributed by atoms with Crippen LogP contribution in [0.3, 0.4) is 0 Å². The second kappa shape index (κ2) is 10.3. The maximum Gasteiger partial charge on any atom is 0.416 e. The van der Waals surface area contributed by atoms with Gasteiger partial charge in [0, 0.05) is 11.8 Å². The number of nitrogens with one attached hydrogen (secondary N) is 3. The minimum atomic E-state index is -4.61. The van der Waals surface area contributed by atoms with Crippen molar-refractivity contribution in [3.05, 3.63) is 99.6 Å². The number of thiocarbonyl (C=S) groups is 1. The van der Waals surface area contributed by atoms with Crippen LogP contribution in [0.5, 0.6) is 0 Å². The fourth-order valence-corrected chi connectivity index (χ4v) is 3.37. The highest BCUT2D eigenvalue weighted by Gasteiger charge is 2.32. The van der Waals surface area contributed by atoms with Crippen LogP contribution in [0.25, 0.3) is 0 Å². The van der Waals surface area contributed by atoms with Crippen LogP contribution in [0.4, 0.5) is 30.2 Å². The Morgan fingerprint density at radius 2 is 1.62 bits per heavy atom. The van der Waals surface area contributed by atoms with Gasteiger partial charge < -0.3 is 16.0 Å². The number of nitro benzene ring substituents is 1. The van der Waals surface area contributed by atoms with Crippen molar-refractivity contribution in [3.63, 3.8) is 0 Å². The van der Waals surface area contributed by atoms with Crippen molar-refractivity contribution in [1.29, 1.82) is 0 Å². The maximum atomic E-state index is 13.3. The Hall–Kier alpha value is -3.99. The van der Waals surface area contributed by atoms with Gasteiger partial charge in [-0.25, -0.2) is 0 Å². The number of hydrogen-bond donors (Lipinski definition) is 3. The van der Waals surface area contributed by atoms with Gasteiger partial charge in [-0.2, -0.15) is 13.2 Å². The van der Waals surface area contributed by atoms with Crippen molar-refractivity contribution < 1.29 is 22.9 Å². The molecule has 3 rings (SSSR count). The summed E-state index contributed by atoms with van der Waals surface area (Å²) in [6.45, 7) is 1.77. The fourth-order valence-electron chi connectivity index (χ4n) is 3.14. The summed E-state index contributed by atoms with van der Waals surface area (Å²) in [6.07, 6.45) is -4.61. The third-order valence-corrected chi connectivity index (χ3v) is 5.06. The molecular formula is C23H19F3N4O3S. The van der Waals surface area contributed by atoms with Gasteiger partial charge in [-0.05, 0) is 54.5 Å². The van der Waals surface area contributed by atoms with Crippen molar-refractivity contribution >= 4 is 40.3 Å². The Labute approximate surface area is 198 Å². The number of anilines is 2. The number of para-hydroxylation sites is 3. The summed E-state index contributed by atoms with van der Waals surface area (Å²) in [4.78, 5) is 23.8. The minimum Gasteiger partial charge on any atom is -0.347 e. The first kappa shape index (κ1) is 24.6. The van der Waals surface area contributed by atoms with Crippen LogP contribution < -0.4 is 16.0 Å². The smallest absolute Gasteiger partial charge is 0.347 e. The van der Waals surface area contributed by atoms with E-state index in [1.54, 1.807) is 37.3 Å². The zero-order valence-electron chi connectivity index (χ0n) is 17.7. The largest absolute Gasteiger partial charge is 0.416 e. The van der Waals surface area contributed by atoms with Crippen LogP contribution in [-0.4, -0.2) is 15.9 Å². The molecule has 0 bridgehead atoms.